The lowest BCUT2D eigenvalue weighted by molar-refractivity contribution is 0.0218. The zero-order valence-electron chi connectivity index (χ0n) is 21.0. The highest BCUT2D eigenvalue weighted by Crippen LogP contribution is 2.31. The van der Waals surface area contributed by atoms with E-state index in [4.69, 9.17) is 4.74 Å². The third-order valence-electron chi connectivity index (χ3n) is 5.56. The van der Waals surface area contributed by atoms with Crippen molar-refractivity contribution in [1.29, 1.82) is 0 Å². The Balaban J connectivity index is 1.84. The van der Waals surface area contributed by atoms with Gasteiger partial charge in [-0.1, -0.05) is 12.2 Å². The fourth-order valence-corrected chi connectivity index (χ4v) is 3.89. The molecule has 6 nitrogen and oxygen atoms in total. The summed E-state index contributed by atoms with van der Waals surface area (Å²) >= 11 is 0. The van der Waals surface area contributed by atoms with Gasteiger partial charge in [0.05, 0.1) is 5.56 Å². The van der Waals surface area contributed by atoms with Crippen molar-refractivity contribution in [3.8, 4) is 5.75 Å². The van der Waals surface area contributed by atoms with Gasteiger partial charge in [-0.25, -0.2) is 22.8 Å². The molecule has 1 amide bonds. The smallest absolute Gasteiger partial charge is 0.410 e. The molecule has 0 saturated carbocycles. The van der Waals surface area contributed by atoms with Gasteiger partial charge in [0, 0.05) is 31.4 Å². The van der Waals surface area contributed by atoms with Gasteiger partial charge in [-0.05, 0) is 58.4 Å². The summed E-state index contributed by atoms with van der Waals surface area (Å²) in [6.07, 6.45) is 2.98. The Morgan fingerprint density at radius 2 is 1.57 bits per heavy atom. The van der Waals surface area contributed by atoms with Crippen LogP contribution in [0.1, 0.15) is 50.5 Å². The van der Waals surface area contributed by atoms with Crippen LogP contribution in [0.2, 0.25) is 0 Å². The molecule has 0 N–H and O–H groups in total. The number of anilines is 1. The molecule has 1 heterocycles. The zero-order chi connectivity index (χ0) is 27.7. The molecule has 1 aliphatic heterocycles. The maximum Gasteiger partial charge on any atom is 0.410 e. The summed E-state index contributed by atoms with van der Waals surface area (Å²) in [4.78, 5) is 28.7. The number of ether oxygens (including phenoxy) is 2. The third kappa shape index (κ3) is 6.03. The van der Waals surface area contributed by atoms with Crippen LogP contribution in [0.3, 0.4) is 0 Å². The summed E-state index contributed by atoms with van der Waals surface area (Å²) < 4.78 is 78.1. The fraction of sp³-hybridized carbons (Fsp3) is 0.385. The Labute approximate surface area is 211 Å². The van der Waals surface area contributed by atoms with Crippen LogP contribution in [-0.2, 0) is 4.74 Å². The molecule has 0 aliphatic carbocycles. The lowest BCUT2D eigenvalue weighted by Gasteiger charge is -2.42. The van der Waals surface area contributed by atoms with Gasteiger partial charge in [-0.3, -0.25) is 0 Å². The Morgan fingerprint density at radius 1 is 0.973 bits per heavy atom. The molecular weight excluding hydrogens is 499 g/mol. The number of esters is 1. The van der Waals surface area contributed by atoms with Gasteiger partial charge in [0.25, 0.3) is 0 Å². The molecule has 2 aromatic carbocycles. The van der Waals surface area contributed by atoms with Crippen LogP contribution in [0, 0.1) is 29.1 Å². The second kappa shape index (κ2) is 10.8. The van der Waals surface area contributed by atoms with Crippen molar-refractivity contribution in [2.75, 3.05) is 24.5 Å². The zero-order valence-corrected chi connectivity index (χ0v) is 21.0. The van der Waals surface area contributed by atoms with Gasteiger partial charge < -0.3 is 19.3 Å². The average molecular weight is 527 g/mol. The van der Waals surface area contributed by atoms with Crippen LogP contribution in [0.5, 0.6) is 5.75 Å². The Bertz CT molecular complexity index is 1210. The minimum Gasteiger partial charge on any atom is -0.444 e. The minimum atomic E-state index is -2.35. The standard InChI is InChI=1S/C26H27F5N2O4/c1-6-7-15-12-16(24(34)36-23-21(30)19(28)18(27)20(29)22(23)31)8-9-17(15)33-11-10-32(13-14(33)2)25(35)37-26(3,4)5/h6-9,12,14H,10-11,13H2,1-5H3/b7-6-/t14-/m1/s1. The first-order valence-corrected chi connectivity index (χ1v) is 11.5. The van der Waals surface area contributed by atoms with Gasteiger partial charge >= 0.3 is 12.1 Å². The SMILES string of the molecule is C/C=C\c1cc(C(=O)Oc2c(F)c(F)c(F)c(F)c2F)ccc1N1CCN(C(=O)OC(C)(C)C)C[C@H]1C. The van der Waals surface area contributed by atoms with E-state index in [2.05, 4.69) is 4.74 Å². The minimum absolute atomic E-state index is 0.128. The molecule has 3 rings (SSSR count). The van der Waals surface area contributed by atoms with Crippen molar-refractivity contribution < 1.29 is 41.0 Å². The summed E-state index contributed by atoms with van der Waals surface area (Å²) in [6.45, 7) is 10.2. The molecule has 0 radical (unpaired) electrons. The second-order valence-electron chi connectivity index (χ2n) is 9.53. The molecule has 2 aromatic rings. The summed E-state index contributed by atoms with van der Waals surface area (Å²) in [5.74, 6) is -14.3. The number of hydrogen-bond donors (Lipinski definition) is 0. The van der Waals surface area contributed by atoms with Crippen molar-refractivity contribution in [3.63, 3.8) is 0 Å². The molecule has 1 atom stereocenters. The van der Waals surface area contributed by atoms with E-state index in [1.54, 1.807) is 50.8 Å². The molecule has 1 fully saturated rings. The molecule has 0 bridgehead atoms. The number of allylic oxidation sites excluding steroid dienone is 1. The van der Waals surface area contributed by atoms with Crippen molar-refractivity contribution in [2.45, 2.75) is 46.3 Å². The molecule has 11 heteroatoms. The highest BCUT2D eigenvalue weighted by atomic mass is 19.2. The molecule has 37 heavy (non-hydrogen) atoms. The first-order valence-electron chi connectivity index (χ1n) is 11.5. The Hall–Kier alpha value is -3.63. The number of amides is 1. The topological polar surface area (TPSA) is 59.1 Å². The first kappa shape index (κ1) is 27.9. The van der Waals surface area contributed by atoms with Crippen molar-refractivity contribution in [3.05, 3.63) is 64.5 Å². The number of rotatable bonds is 4. The highest BCUT2D eigenvalue weighted by Gasteiger charge is 2.32. The van der Waals surface area contributed by atoms with Gasteiger partial charge in [-0.2, -0.15) is 8.78 Å². The fourth-order valence-electron chi connectivity index (χ4n) is 3.89. The lowest BCUT2D eigenvalue weighted by atomic mass is 10.0. The van der Waals surface area contributed by atoms with E-state index < -0.39 is 52.5 Å². The predicted octanol–water partition coefficient (Wildman–Crippen LogP) is 6.08. The van der Waals surface area contributed by atoms with E-state index in [-0.39, 0.29) is 11.6 Å². The molecule has 0 spiro atoms. The van der Waals surface area contributed by atoms with Crippen LogP contribution < -0.4 is 9.64 Å². The number of carbonyl (C=O) groups excluding carboxylic acids is 2. The molecular formula is C26H27F5N2O4. The Kier molecular flexibility index (Phi) is 8.14. The van der Waals surface area contributed by atoms with E-state index >= 15 is 0 Å². The van der Waals surface area contributed by atoms with E-state index in [9.17, 15) is 31.5 Å². The number of carbonyl (C=O) groups is 2. The summed E-state index contributed by atoms with van der Waals surface area (Å²) in [7, 11) is 0. The van der Waals surface area contributed by atoms with Gasteiger partial charge in [0.15, 0.2) is 0 Å². The van der Waals surface area contributed by atoms with Gasteiger partial charge in [-0.15, -0.1) is 0 Å². The number of benzene rings is 2. The normalized spacial score (nSPS) is 16.3. The van der Waals surface area contributed by atoms with Crippen LogP contribution in [0.25, 0.3) is 6.08 Å². The second-order valence-corrected chi connectivity index (χ2v) is 9.53. The van der Waals surface area contributed by atoms with Gasteiger partial charge in [0.1, 0.15) is 5.60 Å². The van der Waals surface area contributed by atoms with Crippen molar-refractivity contribution in [1.82, 2.24) is 4.90 Å². The van der Waals surface area contributed by atoms with Gasteiger partial charge in [0.2, 0.25) is 34.8 Å². The molecule has 0 unspecified atom stereocenters. The maximum atomic E-state index is 14.0. The lowest BCUT2D eigenvalue weighted by Crippen LogP contribution is -2.54. The molecule has 1 saturated heterocycles. The number of hydrogen-bond acceptors (Lipinski definition) is 5. The monoisotopic (exact) mass is 526 g/mol. The molecule has 200 valence electrons. The van der Waals surface area contributed by atoms with Crippen LogP contribution in [0.4, 0.5) is 32.4 Å². The predicted molar refractivity (Wildman–Crippen MR) is 127 cm³/mol. The summed E-state index contributed by atoms with van der Waals surface area (Å²) in [5, 5.41) is 0. The van der Waals surface area contributed by atoms with Crippen LogP contribution >= 0.6 is 0 Å². The van der Waals surface area contributed by atoms with Crippen molar-refractivity contribution >= 4 is 23.8 Å². The van der Waals surface area contributed by atoms with E-state index in [1.807, 2.05) is 11.8 Å². The van der Waals surface area contributed by atoms with E-state index in [0.29, 0.717) is 30.9 Å². The maximum absolute atomic E-state index is 14.0. The first-order chi connectivity index (χ1) is 17.2. The largest absolute Gasteiger partial charge is 0.444 e. The van der Waals surface area contributed by atoms with E-state index in [0.717, 1.165) is 0 Å². The number of nitrogens with zero attached hydrogens (tertiary/aromatic N) is 2. The molecule has 1 aliphatic rings. The van der Waals surface area contributed by atoms with Crippen LogP contribution in [0.15, 0.2) is 24.3 Å². The van der Waals surface area contributed by atoms with E-state index in [1.165, 1.54) is 12.1 Å². The number of halogens is 5. The summed E-state index contributed by atoms with van der Waals surface area (Å²) in [6, 6.07) is 4.17. The number of piperazine rings is 1. The molecule has 0 aromatic heterocycles. The summed E-state index contributed by atoms with van der Waals surface area (Å²) in [5.41, 5.74) is 0.466. The van der Waals surface area contributed by atoms with Crippen LogP contribution in [-0.4, -0.2) is 48.2 Å². The highest BCUT2D eigenvalue weighted by molar-refractivity contribution is 5.93. The quantitative estimate of drug-likeness (QED) is 0.159. The van der Waals surface area contributed by atoms with Crippen molar-refractivity contribution in [2.24, 2.45) is 0 Å². The Morgan fingerprint density at radius 3 is 2.11 bits per heavy atom. The average Bonchev–Trinajstić information content (AvgIpc) is 2.83. The third-order valence-corrected chi connectivity index (χ3v) is 5.56.